The molecule has 1 unspecified atom stereocenters. The number of rotatable bonds is 3. The Balaban J connectivity index is 2.46. The van der Waals surface area contributed by atoms with Crippen molar-refractivity contribution in [2.24, 2.45) is 0 Å². The van der Waals surface area contributed by atoms with Crippen molar-refractivity contribution in [3.8, 4) is 0 Å². The Hall–Kier alpha value is -1.44. The number of nitrogens with zero attached hydrogens (tertiary/aromatic N) is 2. The average Bonchev–Trinajstić information content (AvgIpc) is 2.46. The van der Waals surface area contributed by atoms with E-state index in [0.29, 0.717) is 24.2 Å². The van der Waals surface area contributed by atoms with Gasteiger partial charge in [0.1, 0.15) is 0 Å². The standard InChI is InChI=1S/C18H28N2O4S/c1-12-8-15(9-16(14(12)3)25(22,23)19(6)7)17(21)20-10-13(2)24-18(4,5)11-20/h8-9,13H,10-11H2,1-7H3. The van der Waals surface area contributed by atoms with Crippen LogP contribution >= 0.6 is 0 Å². The number of amides is 1. The van der Waals surface area contributed by atoms with Gasteiger partial charge < -0.3 is 9.64 Å². The highest BCUT2D eigenvalue weighted by Gasteiger charge is 2.34. The highest BCUT2D eigenvalue weighted by atomic mass is 32.2. The van der Waals surface area contributed by atoms with Gasteiger partial charge in [0.05, 0.1) is 16.6 Å². The highest BCUT2D eigenvalue weighted by molar-refractivity contribution is 7.89. The van der Waals surface area contributed by atoms with Crippen LogP contribution in [0.3, 0.4) is 0 Å². The fourth-order valence-electron chi connectivity index (χ4n) is 3.21. The molecule has 25 heavy (non-hydrogen) atoms. The molecular formula is C18H28N2O4S. The van der Waals surface area contributed by atoms with Gasteiger partial charge in [-0.2, -0.15) is 0 Å². The second-order valence-corrected chi connectivity index (χ2v) is 9.70. The molecule has 140 valence electrons. The zero-order valence-corrected chi connectivity index (χ0v) is 16.9. The van der Waals surface area contributed by atoms with Crippen LogP contribution in [-0.2, 0) is 14.8 Å². The average molecular weight is 368 g/mol. The molecular weight excluding hydrogens is 340 g/mol. The second kappa shape index (κ2) is 6.70. The largest absolute Gasteiger partial charge is 0.369 e. The van der Waals surface area contributed by atoms with Gasteiger partial charge in [0, 0.05) is 32.7 Å². The molecule has 0 aromatic heterocycles. The van der Waals surface area contributed by atoms with Crippen LogP contribution in [0.5, 0.6) is 0 Å². The number of carbonyl (C=O) groups excluding carboxylic acids is 1. The lowest BCUT2D eigenvalue weighted by Crippen LogP contribution is -2.53. The summed E-state index contributed by atoms with van der Waals surface area (Å²) in [4.78, 5) is 14.9. The van der Waals surface area contributed by atoms with Crippen LogP contribution in [-0.4, -0.2) is 62.4 Å². The Labute approximate surface area is 150 Å². The number of hydrogen-bond acceptors (Lipinski definition) is 4. The number of morpholine rings is 1. The van der Waals surface area contributed by atoms with E-state index in [4.69, 9.17) is 4.74 Å². The minimum absolute atomic E-state index is 0.0655. The van der Waals surface area contributed by atoms with E-state index >= 15 is 0 Å². The summed E-state index contributed by atoms with van der Waals surface area (Å²) < 4.78 is 32.2. The van der Waals surface area contributed by atoms with Crippen LogP contribution in [0.2, 0.25) is 0 Å². The second-order valence-electron chi connectivity index (χ2n) is 7.58. The highest BCUT2D eigenvalue weighted by Crippen LogP contribution is 2.26. The van der Waals surface area contributed by atoms with E-state index in [1.165, 1.54) is 24.5 Å². The Morgan fingerprint density at radius 2 is 1.88 bits per heavy atom. The third kappa shape index (κ3) is 4.04. The molecule has 1 fully saturated rings. The molecule has 1 aliphatic heterocycles. The molecule has 0 radical (unpaired) electrons. The van der Waals surface area contributed by atoms with Crippen molar-refractivity contribution in [3.05, 3.63) is 28.8 Å². The van der Waals surface area contributed by atoms with Crippen LogP contribution in [0.25, 0.3) is 0 Å². The lowest BCUT2D eigenvalue weighted by molar-refractivity contribution is -0.118. The fraction of sp³-hybridized carbons (Fsp3) is 0.611. The van der Waals surface area contributed by atoms with Crippen molar-refractivity contribution in [1.29, 1.82) is 0 Å². The Morgan fingerprint density at radius 1 is 1.28 bits per heavy atom. The molecule has 0 spiro atoms. The molecule has 0 aliphatic carbocycles. The van der Waals surface area contributed by atoms with E-state index in [2.05, 4.69) is 0 Å². The quantitative estimate of drug-likeness (QED) is 0.820. The van der Waals surface area contributed by atoms with Crippen LogP contribution in [0.1, 0.15) is 42.3 Å². The Bertz CT molecular complexity index is 785. The molecule has 1 saturated heterocycles. The number of hydrogen-bond donors (Lipinski definition) is 0. The molecule has 7 heteroatoms. The third-order valence-electron chi connectivity index (χ3n) is 4.48. The predicted octanol–water partition coefficient (Wildman–Crippen LogP) is 2.19. The minimum Gasteiger partial charge on any atom is -0.369 e. The maximum absolute atomic E-state index is 13.0. The molecule has 1 heterocycles. The molecule has 1 aromatic rings. The van der Waals surface area contributed by atoms with Gasteiger partial charge in [-0.25, -0.2) is 12.7 Å². The molecule has 1 aromatic carbocycles. The summed E-state index contributed by atoms with van der Waals surface area (Å²) in [5.41, 5.74) is 1.42. The zero-order valence-electron chi connectivity index (χ0n) is 16.1. The molecule has 1 atom stereocenters. The summed E-state index contributed by atoms with van der Waals surface area (Å²) in [5.74, 6) is -0.165. The van der Waals surface area contributed by atoms with Crippen LogP contribution in [0, 0.1) is 13.8 Å². The van der Waals surface area contributed by atoms with E-state index in [1.807, 2.05) is 27.7 Å². The number of carbonyl (C=O) groups is 1. The van der Waals surface area contributed by atoms with Crippen molar-refractivity contribution in [2.45, 2.75) is 51.2 Å². The molecule has 0 bridgehead atoms. The summed E-state index contributed by atoms with van der Waals surface area (Å²) in [6.45, 7) is 10.4. The first-order valence-corrected chi connectivity index (χ1v) is 9.80. The minimum atomic E-state index is -3.61. The van der Waals surface area contributed by atoms with Crippen LogP contribution in [0.15, 0.2) is 17.0 Å². The Morgan fingerprint density at radius 3 is 2.40 bits per heavy atom. The first-order chi connectivity index (χ1) is 11.3. The first kappa shape index (κ1) is 19.9. The topological polar surface area (TPSA) is 66.9 Å². The number of ether oxygens (including phenoxy) is 1. The zero-order chi connectivity index (χ0) is 19.2. The van der Waals surface area contributed by atoms with Crippen LogP contribution in [0.4, 0.5) is 0 Å². The summed E-state index contributed by atoms with van der Waals surface area (Å²) in [7, 11) is -0.631. The van der Waals surface area contributed by atoms with Crippen molar-refractivity contribution in [3.63, 3.8) is 0 Å². The smallest absolute Gasteiger partial charge is 0.254 e. The molecule has 1 amide bonds. The Kier molecular flexibility index (Phi) is 5.33. The molecule has 2 rings (SSSR count). The lowest BCUT2D eigenvalue weighted by atomic mass is 10.0. The van der Waals surface area contributed by atoms with Gasteiger partial charge in [0.15, 0.2) is 0 Å². The van der Waals surface area contributed by atoms with Gasteiger partial charge in [0.2, 0.25) is 10.0 Å². The SMILES string of the molecule is Cc1cc(C(=O)N2CC(C)OC(C)(C)C2)cc(S(=O)(=O)N(C)C)c1C. The summed E-state index contributed by atoms with van der Waals surface area (Å²) in [6, 6.07) is 3.26. The van der Waals surface area contributed by atoms with Crippen molar-refractivity contribution in [2.75, 3.05) is 27.2 Å². The monoisotopic (exact) mass is 368 g/mol. The van der Waals surface area contributed by atoms with Gasteiger partial charge in [0.25, 0.3) is 5.91 Å². The molecule has 1 aliphatic rings. The molecule has 6 nitrogen and oxygen atoms in total. The van der Waals surface area contributed by atoms with Gasteiger partial charge >= 0.3 is 0 Å². The normalized spacial score (nSPS) is 20.8. The van der Waals surface area contributed by atoms with Gasteiger partial charge in [-0.1, -0.05) is 0 Å². The van der Waals surface area contributed by atoms with Gasteiger partial charge in [-0.05, 0) is 57.9 Å². The number of benzene rings is 1. The van der Waals surface area contributed by atoms with Gasteiger partial charge in [-0.3, -0.25) is 4.79 Å². The van der Waals surface area contributed by atoms with E-state index in [9.17, 15) is 13.2 Å². The third-order valence-corrected chi connectivity index (χ3v) is 6.42. The predicted molar refractivity (Wildman–Crippen MR) is 97.3 cm³/mol. The van der Waals surface area contributed by atoms with E-state index in [-0.39, 0.29) is 16.9 Å². The molecule has 0 saturated carbocycles. The first-order valence-electron chi connectivity index (χ1n) is 8.36. The van der Waals surface area contributed by atoms with E-state index < -0.39 is 15.6 Å². The maximum atomic E-state index is 13.0. The summed E-state index contributed by atoms with van der Waals surface area (Å²) in [5, 5.41) is 0. The van der Waals surface area contributed by atoms with Gasteiger partial charge in [-0.15, -0.1) is 0 Å². The summed E-state index contributed by atoms with van der Waals surface area (Å²) >= 11 is 0. The summed E-state index contributed by atoms with van der Waals surface area (Å²) in [6.07, 6.45) is -0.0655. The molecule has 0 N–H and O–H groups in total. The van der Waals surface area contributed by atoms with Crippen molar-refractivity contribution >= 4 is 15.9 Å². The lowest BCUT2D eigenvalue weighted by Gasteiger charge is -2.41. The van der Waals surface area contributed by atoms with Crippen molar-refractivity contribution in [1.82, 2.24) is 9.21 Å². The van der Waals surface area contributed by atoms with E-state index in [0.717, 1.165) is 5.56 Å². The van der Waals surface area contributed by atoms with Crippen molar-refractivity contribution < 1.29 is 17.9 Å². The number of sulfonamides is 1. The fourth-order valence-corrected chi connectivity index (χ4v) is 4.42. The van der Waals surface area contributed by atoms with Crippen LogP contribution < -0.4 is 0 Å². The number of aryl methyl sites for hydroxylation is 1. The maximum Gasteiger partial charge on any atom is 0.254 e. The van der Waals surface area contributed by atoms with E-state index in [1.54, 1.807) is 17.9 Å².